The van der Waals surface area contributed by atoms with Crippen molar-refractivity contribution in [3.05, 3.63) is 47.4 Å². The second-order valence-corrected chi connectivity index (χ2v) is 7.47. The smallest absolute Gasteiger partial charge is 0.223 e. The van der Waals surface area contributed by atoms with Crippen LogP contribution < -0.4 is 9.47 Å². The van der Waals surface area contributed by atoms with Crippen LogP contribution in [0.15, 0.2) is 34.9 Å². The fourth-order valence-electron chi connectivity index (χ4n) is 3.86. The molecule has 146 valence electrons. The van der Waals surface area contributed by atoms with Gasteiger partial charge >= 0.3 is 0 Å². The summed E-state index contributed by atoms with van der Waals surface area (Å²) in [6.07, 6.45) is 4.50. The molecule has 0 saturated heterocycles. The quantitative estimate of drug-likeness (QED) is 0.724. The molecule has 0 saturated carbocycles. The minimum Gasteiger partial charge on any atom is -0.493 e. The number of methoxy groups -OCH3 is 2. The van der Waals surface area contributed by atoms with Gasteiger partial charge in [0.05, 0.1) is 26.5 Å². The first-order valence-corrected chi connectivity index (χ1v) is 9.60. The summed E-state index contributed by atoms with van der Waals surface area (Å²) in [5, 5.41) is 0. The van der Waals surface area contributed by atoms with Gasteiger partial charge in [0.25, 0.3) is 0 Å². The Hall–Kier alpha value is -2.43. The summed E-state index contributed by atoms with van der Waals surface area (Å²) < 4.78 is 16.3. The van der Waals surface area contributed by atoms with E-state index in [2.05, 4.69) is 19.9 Å². The van der Waals surface area contributed by atoms with Gasteiger partial charge in [0, 0.05) is 19.4 Å². The van der Waals surface area contributed by atoms with Crippen molar-refractivity contribution in [3.8, 4) is 11.5 Å². The van der Waals surface area contributed by atoms with Crippen LogP contribution in [0.3, 0.4) is 0 Å². The number of carbonyl (C=O) groups excluding carboxylic acids is 1. The first-order valence-electron chi connectivity index (χ1n) is 9.60. The highest BCUT2D eigenvalue weighted by molar-refractivity contribution is 5.77. The van der Waals surface area contributed by atoms with Crippen LogP contribution in [-0.4, -0.2) is 31.6 Å². The number of ether oxygens (including phenoxy) is 2. The maximum Gasteiger partial charge on any atom is 0.223 e. The van der Waals surface area contributed by atoms with Crippen molar-refractivity contribution < 1.29 is 18.7 Å². The maximum atomic E-state index is 13.0. The van der Waals surface area contributed by atoms with Gasteiger partial charge < -0.3 is 18.8 Å². The first-order chi connectivity index (χ1) is 13.0. The molecule has 5 nitrogen and oxygen atoms in total. The van der Waals surface area contributed by atoms with Gasteiger partial charge in [-0.25, -0.2) is 0 Å². The molecule has 1 unspecified atom stereocenters. The Balaban J connectivity index is 1.86. The van der Waals surface area contributed by atoms with Crippen LogP contribution >= 0.6 is 0 Å². The Labute approximate surface area is 161 Å². The summed E-state index contributed by atoms with van der Waals surface area (Å²) in [7, 11) is 3.31. The molecule has 1 aliphatic heterocycles. The molecule has 0 fully saturated rings. The first kappa shape index (κ1) is 19.3. The lowest BCUT2D eigenvalue weighted by Gasteiger charge is -2.39. The average molecular weight is 371 g/mol. The summed E-state index contributed by atoms with van der Waals surface area (Å²) in [5.74, 6) is 2.98. The zero-order valence-electron chi connectivity index (χ0n) is 16.7. The monoisotopic (exact) mass is 371 g/mol. The number of aryl methyl sites for hydroxylation is 1. The van der Waals surface area contributed by atoms with Gasteiger partial charge in [0.1, 0.15) is 5.76 Å². The van der Waals surface area contributed by atoms with Crippen molar-refractivity contribution in [1.82, 2.24) is 4.90 Å². The molecule has 27 heavy (non-hydrogen) atoms. The van der Waals surface area contributed by atoms with E-state index in [-0.39, 0.29) is 11.9 Å². The van der Waals surface area contributed by atoms with Crippen molar-refractivity contribution in [2.45, 2.75) is 45.6 Å². The van der Waals surface area contributed by atoms with E-state index >= 15 is 0 Å². The highest BCUT2D eigenvalue weighted by Crippen LogP contribution is 2.40. The molecule has 0 spiro atoms. The van der Waals surface area contributed by atoms with Gasteiger partial charge in [-0.3, -0.25) is 4.79 Å². The highest BCUT2D eigenvalue weighted by Gasteiger charge is 2.32. The third kappa shape index (κ3) is 4.29. The van der Waals surface area contributed by atoms with Gasteiger partial charge in [0.2, 0.25) is 5.91 Å². The van der Waals surface area contributed by atoms with Crippen molar-refractivity contribution in [2.24, 2.45) is 5.92 Å². The number of hydrogen-bond acceptors (Lipinski definition) is 4. The molecule has 0 aliphatic carbocycles. The van der Waals surface area contributed by atoms with E-state index < -0.39 is 0 Å². The van der Waals surface area contributed by atoms with Crippen LogP contribution in [0, 0.1) is 5.92 Å². The summed E-state index contributed by atoms with van der Waals surface area (Å²) in [5.41, 5.74) is 2.42. The second-order valence-electron chi connectivity index (χ2n) is 7.47. The molecule has 1 amide bonds. The molecule has 1 aliphatic rings. The summed E-state index contributed by atoms with van der Waals surface area (Å²) in [6, 6.07) is 7.96. The van der Waals surface area contributed by atoms with E-state index in [9.17, 15) is 4.79 Å². The standard InChI is InChI=1S/C22H29NO4/c1-15(2)12-19-18-14-21(26-4)20(25-3)13-16(18)9-10-23(19)22(24)8-7-17-6-5-11-27-17/h5-6,11,13-15,19H,7-10,12H2,1-4H3. The maximum absolute atomic E-state index is 13.0. The van der Waals surface area contributed by atoms with Crippen molar-refractivity contribution >= 4 is 5.91 Å². The molecular weight excluding hydrogens is 342 g/mol. The number of carbonyl (C=O) groups is 1. The third-order valence-electron chi connectivity index (χ3n) is 5.18. The lowest BCUT2D eigenvalue weighted by Crippen LogP contribution is -2.40. The SMILES string of the molecule is COc1cc2c(cc1OC)C(CC(C)C)N(C(=O)CCc1ccco1)CC2. The summed E-state index contributed by atoms with van der Waals surface area (Å²) in [6.45, 7) is 5.12. The van der Waals surface area contributed by atoms with E-state index in [1.165, 1.54) is 11.1 Å². The van der Waals surface area contributed by atoms with Crippen LogP contribution in [0.4, 0.5) is 0 Å². The third-order valence-corrected chi connectivity index (χ3v) is 5.18. The summed E-state index contributed by atoms with van der Waals surface area (Å²) >= 11 is 0. The average Bonchev–Trinajstić information content (AvgIpc) is 3.18. The minimum atomic E-state index is 0.0673. The Bertz CT molecular complexity index is 767. The van der Waals surface area contributed by atoms with Gasteiger partial charge in [-0.2, -0.15) is 0 Å². The zero-order chi connectivity index (χ0) is 19.4. The zero-order valence-corrected chi connectivity index (χ0v) is 16.7. The number of fused-ring (bicyclic) bond motifs is 1. The van der Waals surface area contributed by atoms with E-state index in [1.807, 2.05) is 23.1 Å². The molecular formula is C22H29NO4. The lowest BCUT2D eigenvalue weighted by molar-refractivity contribution is -0.134. The van der Waals surface area contributed by atoms with Crippen molar-refractivity contribution in [2.75, 3.05) is 20.8 Å². The van der Waals surface area contributed by atoms with E-state index in [0.29, 0.717) is 18.8 Å². The Morgan fingerprint density at radius 2 is 2.00 bits per heavy atom. The summed E-state index contributed by atoms with van der Waals surface area (Å²) in [4.78, 5) is 15.0. The molecule has 1 atom stereocenters. The normalized spacial score (nSPS) is 16.3. The highest BCUT2D eigenvalue weighted by atomic mass is 16.5. The second kappa shape index (κ2) is 8.51. The molecule has 2 heterocycles. The number of amides is 1. The van der Waals surface area contributed by atoms with Gasteiger partial charge in [-0.05, 0) is 54.2 Å². The number of furan rings is 1. The van der Waals surface area contributed by atoms with Crippen LogP contribution in [0.25, 0.3) is 0 Å². The number of nitrogens with zero attached hydrogens (tertiary/aromatic N) is 1. The Morgan fingerprint density at radius 3 is 2.63 bits per heavy atom. The van der Waals surface area contributed by atoms with Crippen molar-refractivity contribution in [3.63, 3.8) is 0 Å². The topological polar surface area (TPSA) is 51.9 Å². The number of rotatable bonds is 7. The molecule has 5 heteroatoms. The predicted octanol–water partition coefficient (Wildman–Crippen LogP) is 4.40. The molecule has 0 N–H and O–H groups in total. The fraction of sp³-hybridized carbons (Fsp3) is 0.500. The van der Waals surface area contributed by atoms with Crippen LogP contribution in [0.2, 0.25) is 0 Å². The molecule has 0 radical (unpaired) electrons. The Kier molecular flexibility index (Phi) is 6.09. The molecule has 1 aromatic carbocycles. The largest absolute Gasteiger partial charge is 0.493 e. The van der Waals surface area contributed by atoms with Crippen LogP contribution in [0.1, 0.15) is 49.6 Å². The van der Waals surface area contributed by atoms with E-state index in [0.717, 1.165) is 36.6 Å². The fourth-order valence-corrected chi connectivity index (χ4v) is 3.86. The van der Waals surface area contributed by atoms with Crippen LogP contribution in [-0.2, 0) is 17.6 Å². The van der Waals surface area contributed by atoms with E-state index in [4.69, 9.17) is 13.9 Å². The van der Waals surface area contributed by atoms with Crippen LogP contribution in [0.5, 0.6) is 11.5 Å². The van der Waals surface area contributed by atoms with E-state index in [1.54, 1.807) is 20.5 Å². The lowest BCUT2D eigenvalue weighted by atomic mass is 9.87. The van der Waals surface area contributed by atoms with Gasteiger partial charge in [-0.15, -0.1) is 0 Å². The van der Waals surface area contributed by atoms with Gasteiger partial charge in [0.15, 0.2) is 11.5 Å². The number of hydrogen-bond donors (Lipinski definition) is 0. The number of benzene rings is 1. The minimum absolute atomic E-state index is 0.0673. The predicted molar refractivity (Wildman–Crippen MR) is 104 cm³/mol. The molecule has 2 aromatic rings. The Morgan fingerprint density at radius 1 is 1.26 bits per heavy atom. The molecule has 0 bridgehead atoms. The molecule has 1 aromatic heterocycles. The van der Waals surface area contributed by atoms with Gasteiger partial charge in [-0.1, -0.05) is 13.8 Å². The van der Waals surface area contributed by atoms with Crippen molar-refractivity contribution in [1.29, 1.82) is 0 Å². The molecule has 3 rings (SSSR count).